The van der Waals surface area contributed by atoms with Gasteiger partial charge >= 0.3 is 0 Å². The van der Waals surface area contributed by atoms with E-state index in [1.807, 2.05) is 42.5 Å². The molecule has 32 heavy (non-hydrogen) atoms. The number of piperidine rings is 1. The number of halogens is 1. The molecule has 4 rings (SSSR count). The predicted molar refractivity (Wildman–Crippen MR) is 129 cm³/mol. The van der Waals surface area contributed by atoms with Crippen LogP contribution in [0.2, 0.25) is 0 Å². The molecular weight excluding hydrogens is 468 g/mol. The molecule has 3 aromatic carbocycles. The van der Waals surface area contributed by atoms with E-state index < -0.39 is 5.60 Å². The van der Waals surface area contributed by atoms with Crippen LogP contribution in [-0.2, 0) is 10.4 Å². The molecule has 0 bridgehead atoms. The molecule has 5 nitrogen and oxygen atoms in total. The van der Waals surface area contributed by atoms with Crippen molar-refractivity contribution in [2.24, 2.45) is 0 Å². The van der Waals surface area contributed by atoms with E-state index in [2.05, 4.69) is 26.1 Å². The SMILES string of the molecule is O=C(CN1CCC(O)(c2ccc(Br)cc2)CC1)Nc1ccc(C(=O)c2ccccc2)cc1. The number of hydrogen-bond acceptors (Lipinski definition) is 4. The van der Waals surface area contributed by atoms with E-state index in [4.69, 9.17) is 0 Å². The molecule has 1 fully saturated rings. The van der Waals surface area contributed by atoms with Crippen molar-refractivity contribution in [1.82, 2.24) is 4.90 Å². The summed E-state index contributed by atoms with van der Waals surface area (Å²) < 4.78 is 0.983. The molecule has 1 saturated heterocycles. The standard InChI is InChI=1S/C26H25BrN2O3/c27-22-10-8-21(9-11-22)26(32)14-16-29(17-15-26)18-24(30)28-23-12-6-20(7-13-23)25(31)19-4-2-1-3-5-19/h1-13,32H,14-18H2,(H,28,30). The second-order valence-corrected chi connectivity index (χ2v) is 9.05. The van der Waals surface area contributed by atoms with E-state index in [1.165, 1.54) is 0 Å². The van der Waals surface area contributed by atoms with E-state index in [0.29, 0.717) is 42.7 Å². The van der Waals surface area contributed by atoms with Crippen molar-refractivity contribution in [2.45, 2.75) is 18.4 Å². The Hall–Kier alpha value is -2.80. The van der Waals surface area contributed by atoms with Crippen LogP contribution in [0.1, 0.15) is 34.3 Å². The normalized spacial score (nSPS) is 15.8. The first-order valence-electron chi connectivity index (χ1n) is 10.6. The molecule has 0 spiro atoms. The van der Waals surface area contributed by atoms with Crippen molar-refractivity contribution < 1.29 is 14.7 Å². The highest BCUT2D eigenvalue weighted by molar-refractivity contribution is 9.10. The highest BCUT2D eigenvalue weighted by atomic mass is 79.9. The van der Waals surface area contributed by atoms with Gasteiger partial charge in [0, 0.05) is 34.4 Å². The van der Waals surface area contributed by atoms with Gasteiger partial charge in [0.15, 0.2) is 5.78 Å². The molecule has 0 atom stereocenters. The second-order valence-electron chi connectivity index (χ2n) is 8.14. The fourth-order valence-electron chi connectivity index (χ4n) is 3.99. The Labute approximate surface area is 196 Å². The molecular formula is C26H25BrN2O3. The summed E-state index contributed by atoms with van der Waals surface area (Å²) in [6.07, 6.45) is 1.16. The minimum atomic E-state index is -0.852. The van der Waals surface area contributed by atoms with Gasteiger partial charge in [-0.2, -0.15) is 0 Å². The number of rotatable bonds is 6. The lowest BCUT2D eigenvalue weighted by Crippen LogP contribution is -2.45. The number of carbonyl (C=O) groups is 2. The molecule has 1 heterocycles. The summed E-state index contributed by atoms with van der Waals surface area (Å²) in [5, 5.41) is 13.9. The number of aliphatic hydroxyl groups is 1. The molecule has 0 aliphatic carbocycles. The molecule has 1 aliphatic rings. The number of anilines is 1. The first-order valence-corrected chi connectivity index (χ1v) is 11.4. The van der Waals surface area contributed by atoms with Gasteiger partial charge in [-0.15, -0.1) is 0 Å². The van der Waals surface area contributed by atoms with Gasteiger partial charge in [0.2, 0.25) is 5.91 Å². The number of benzene rings is 3. The van der Waals surface area contributed by atoms with Crippen molar-refractivity contribution in [2.75, 3.05) is 25.0 Å². The maximum atomic E-state index is 12.5. The lowest BCUT2D eigenvalue weighted by Gasteiger charge is -2.38. The Kier molecular flexibility index (Phi) is 6.84. The third-order valence-electron chi connectivity index (χ3n) is 5.90. The Bertz CT molecular complexity index is 1070. The lowest BCUT2D eigenvalue weighted by molar-refractivity contribution is -0.118. The highest BCUT2D eigenvalue weighted by Crippen LogP contribution is 2.33. The van der Waals surface area contributed by atoms with Crippen molar-refractivity contribution in [1.29, 1.82) is 0 Å². The van der Waals surface area contributed by atoms with Crippen LogP contribution >= 0.6 is 15.9 Å². The van der Waals surface area contributed by atoms with Gasteiger partial charge < -0.3 is 10.4 Å². The zero-order valence-corrected chi connectivity index (χ0v) is 19.2. The summed E-state index contributed by atoms with van der Waals surface area (Å²) in [6.45, 7) is 1.55. The minimum Gasteiger partial charge on any atom is -0.385 e. The van der Waals surface area contributed by atoms with Crippen LogP contribution in [0.25, 0.3) is 0 Å². The summed E-state index contributed by atoms with van der Waals surface area (Å²) in [4.78, 5) is 27.1. The predicted octanol–water partition coefficient (Wildman–Crippen LogP) is 4.60. The van der Waals surface area contributed by atoms with Crippen molar-refractivity contribution in [3.05, 3.63) is 100 Å². The van der Waals surface area contributed by atoms with Gasteiger partial charge in [-0.25, -0.2) is 0 Å². The summed E-state index contributed by atoms with van der Waals surface area (Å²) in [5.74, 6) is -0.156. The number of amides is 1. The van der Waals surface area contributed by atoms with Crippen molar-refractivity contribution in [3.8, 4) is 0 Å². The molecule has 1 aliphatic heterocycles. The van der Waals surface area contributed by atoms with Gasteiger partial charge in [0.25, 0.3) is 0 Å². The molecule has 3 aromatic rings. The van der Waals surface area contributed by atoms with E-state index in [9.17, 15) is 14.7 Å². The van der Waals surface area contributed by atoms with Crippen LogP contribution in [0.15, 0.2) is 83.3 Å². The maximum absolute atomic E-state index is 12.5. The van der Waals surface area contributed by atoms with Gasteiger partial charge in [0.1, 0.15) is 0 Å². The van der Waals surface area contributed by atoms with Crippen LogP contribution in [0.3, 0.4) is 0 Å². The topological polar surface area (TPSA) is 69.6 Å². The summed E-state index contributed by atoms with van der Waals surface area (Å²) in [7, 11) is 0. The number of nitrogens with zero attached hydrogens (tertiary/aromatic N) is 1. The van der Waals surface area contributed by atoms with Crippen molar-refractivity contribution in [3.63, 3.8) is 0 Å². The van der Waals surface area contributed by atoms with Crippen LogP contribution in [-0.4, -0.2) is 41.3 Å². The van der Waals surface area contributed by atoms with Gasteiger partial charge in [0.05, 0.1) is 12.1 Å². The first kappa shape index (κ1) is 22.4. The van der Waals surface area contributed by atoms with Gasteiger partial charge in [-0.1, -0.05) is 58.4 Å². The molecule has 0 saturated carbocycles. The Morgan fingerprint density at radius 1 is 0.875 bits per heavy atom. The Morgan fingerprint density at radius 2 is 1.47 bits per heavy atom. The molecule has 6 heteroatoms. The van der Waals surface area contributed by atoms with E-state index in [1.54, 1.807) is 36.4 Å². The minimum absolute atomic E-state index is 0.0462. The van der Waals surface area contributed by atoms with Gasteiger partial charge in [-0.05, 0) is 54.8 Å². The molecule has 1 amide bonds. The molecule has 0 unspecified atom stereocenters. The number of hydrogen-bond donors (Lipinski definition) is 2. The number of carbonyl (C=O) groups excluding carboxylic acids is 2. The van der Waals surface area contributed by atoms with Gasteiger partial charge in [-0.3, -0.25) is 14.5 Å². The molecule has 0 aromatic heterocycles. The first-order chi connectivity index (χ1) is 15.4. The number of ketones is 1. The maximum Gasteiger partial charge on any atom is 0.238 e. The second kappa shape index (κ2) is 9.77. The highest BCUT2D eigenvalue weighted by Gasteiger charge is 2.34. The van der Waals surface area contributed by atoms with Crippen molar-refractivity contribution >= 4 is 33.3 Å². The van der Waals surface area contributed by atoms with Crippen LogP contribution in [0, 0.1) is 0 Å². The average Bonchev–Trinajstić information content (AvgIpc) is 2.82. The summed E-state index contributed by atoms with van der Waals surface area (Å²) in [6, 6.07) is 23.8. The number of nitrogens with one attached hydrogen (secondary N) is 1. The molecule has 2 N–H and O–H groups in total. The van der Waals surface area contributed by atoms with Crippen LogP contribution < -0.4 is 5.32 Å². The Morgan fingerprint density at radius 3 is 2.09 bits per heavy atom. The third-order valence-corrected chi connectivity index (χ3v) is 6.43. The average molecular weight is 493 g/mol. The third kappa shape index (κ3) is 5.33. The summed E-state index contributed by atoms with van der Waals surface area (Å²) >= 11 is 3.42. The lowest BCUT2D eigenvalue weighted by atomic mass is 9.84. The van der Waals surface area contributed by atoms with E-state index in [0.717, 1.165) is 10.0 Å². The van der Waals surface area contributed by atoms with Crippen LogP contribution in [0.5, 0.6) is 0 Å². The zero-order chi connectivity index (χ0) is 22.6. The zero-order valence-electron chi connectivity index (χ0n) is 17.6. The smallest absolute Gasteiger partial charge is 0.238 e. The Balaban J connectivity index is 1.29. The largest absolute Gasteiger partial charge is 0.385 e. The van der Waals surface area contributed by atoms with E-state index >= 15 is 0 Å². The fraction of sp³-hybridized carbons (Fsp3) is 0.231. The van der Waals surface area contributed by atoms with E-state index in [-0.39, 0.29) is 18.2 Å². The summed E-state index contributed by atoms with van der Waals surface area (Å²) in [5.41, 5.74) is 1.93. The fourth-order valence-corrected chi connectivity index (χ4v) is 4.26. The molecule has 164 valence electrons. The quantitative estimate of drug-likeness (QED) is 0.493. The number of likely N-dealkylation sites (tertiary alicyclic amines) is 1. The molecule has 0 radical (unpaired) electrons. The monoisotopic (exact) mass is 492 g/mol. The van der Waals surface area contributed by atoms with Crippen LogP contribution in [0.4, 0.5) is 5.69 Å².